The van der Waals surface area contributed by atoms with Crippen LogP contribution in [0.5, 0.6) is 0 Å². The summed E-state index contributed by atoms with van der Waals surface area (Å²) in [7, 11) is -4.40. The molecule has 0 aromatic heterocycles. The van der Waals surface area contributed by atoms with Crippen LogP contribution in [-0.4, -0.2) is 32.3 Å². The first-order valence-electron chi connectivity index (χ1n) is 9.99. The topological polar surface area (TPSA) is 0 Å². The summed E-state index contributed by atoms with van der Waals surface area (Å²) < 4.78 is 0. The van der Waals surface area contributed by atoms with Crippen LogP contribution in [-0.2, 0) is 25.8 Å². The zero-order valence-electron chi connectivity index (χ0n) is 20.0. The van der Waals surface area contributed by atoms with Crippen molar-refractivity contribution in [3.63, 3.8) is 0 Å². The summed E-state index contributed by atoms with van der Waals surface area (Å²) in [5, 5.41) is 6.75. The zero-order valence-corrected chi connectivity index (χ0v) is 25.8. The van der Waals surface area contributed by atoms with Crippen molar-refractivity contribution in [2.24, 2.45) is 0 Å². The van der Waals surface area contributed by atoms with E-state index in [0.717, 1.165) is 0 Å². The molecule has 0 saturated carbocycles. The largest absolute Gasteiger partial charge is 0.214 e. The average molecular weight is 464 g/mol. The maximum atomic E-state index is 2.44. The summed E-state index contributed by atoms with van der Waals surface area (Å²) in [5.74, 6) is 0. The SMILES string of the molecule is C[Si](C)(C)c1ccc[c-]1[Si](C)(C)C.C[Si](C)(C)c1ccc[c-]1[Si](C)(C)C.[Sc]. The van der Waals surface area contributed by atoms with E-state index in [1.54, 1.807) is 20.7 Å². The molecule has 2 aromatic carbocycles. The van der Waals surface area contributed by atoms with E-state index in [4.69, 9.17) is 0 Å². The van der Waals surface area contributed by atoms with Crippen LogP contribution in [0, 0.1) is 0 Å². The molecule has 0 nitrogen and oxygen atoms in total. The van der Waals surface area contributed by atoms with Gasteiger partial charge in [0, 0.05) is 42.0 Å². The van der Waals surface area contributed by atoms with E-state index in [1.165, 1.54) is 0 Å². The molecule has 2 aromatic rings. The molecule has 0 aliphatic heterocycles. The van der Waals surface area contributed by atoms with E-state index < -0.39 is 32.3 Å². The fraction of sp³-hybridized carbons (Fsp3) is 0.545. The second kappa shape index (κ2) is 9.50. The van der Waals surface area contributed by atoms with E-state index in [1.807, 2.05) is 0 Å². The third kappa shape index (κ3) is 8.00. The van der Waals surface area contributed by atoms with Gasteiger partial charge in [0.15, 0.2) is 0 Å². The van der Waals surface area contributed by atoms with Crippen molar-refractivity contribution in [2.45, 2.75) is 78.6 Å². The number of hydrogen-bond acceptors (Lipinski definition) is 0. The number of hydrogen-bond donors (Lipinski definition) is 0. The summed E-state index contributed by atoms with van der Waals surface area (Å²) in [4.78, 5) is 0. The maximum absolute atomic E-state index is 2.44. The summed E-state index contributed by atoms with van der Waals surface area (Å²) in [6.45, 7) is 29.2. The van der Waals surface area contributed by atoms with E-state index in [-0.39, 0.29) is 25.8 Å². The minimum atomic E-state index is -1.10. The van der Waals surface area contributed by atoms with Gasteiger partial charge in [-0.05, 0) is 0 Å². The predicted octanol–water partition coefficient (Wildman–Crippen LogP) is 4.99. The van der Waals surface area contributed by atoms with Crippen molar-refractivity contribution in [3.8, 4) is 0 Å². The summed E-state index contributed by atoms with van der Waals surface area (Å²) >= 11 is 0. The van der Waals surface area contributed by atoms with Crippen LogP contribution >= 0.6 is 0 Å². The van der Waals surface area contributed by atoms with Crippen molar-refractivity contribution in [3.05, 3.63) is 36.4 Å². The Bertz CT molecular complexity index is 579. The van der Waals surface area contributed by atoms with Gasteiger partial charge in [-0.15, -0.1) is 0 Å². The van der Waals surface area contributed by atoms with Gasteiger partial charge >= 0.3 is 0 Å². The summed E-state index contributed by atoms with van der Waals surface area (Å²) in [6, 6.07) is 13.9. The smallest absolute Gasteiger partial charge is 0.0505 e. The van der Waals surface area contributed by atoms with Crippen molar-refractivity contribution in [1.82, 2.24) is 0 Å². The molecule has 0 fully saturated rings. The van der Waals surface area contributed by atoms with E-state index >= 15 is 0 Å². The van der Waals surface area contributed by atoms with Gasteiger partial charge in [-0.25, -0.2) is 24.3 Å². The summed E-state index contributed by atoms with van der Waals surface area (Å²) in [6.07, 6.45) is 0. The fourth-order valence-electron chi connectivity index (χ4n) is 3.46. The molecule has 0 unspecified atom stereocenters. The second-order valence-electron chi connectivity index (χ2n) is 11.7. The molecule has 1 radical (unpaired) electrons. The van der Waals surface area contributed by atoms with Gasteiger partial charge in [0.2, 0.25) is 0 Å². The molecule has 27 heavy (non-hydrogen) atoms. The van der Waals surface area contributed by atoms with E-state index in [0.29, 0.717) is 0 Å². The van der Waals surface area contributed by atoms with E-state index in [9.17, 15) is 0 Å². The minimum Gasteiger partial charge on any atom is -0.214 e. The normalized spacial score (nSPS) is 12.9. The number of rotatable bonds is 4. The fourth-order valence-corrected chi connectivity index (χ4v) is 13.9. The van der Waals surface area contributed by atoms with Crippen molar-refractivity contribution in [1.29, 1.82) is 0 Å². The van der Waals surface area contributed by atoms with Gasteiger partial charge in [0.1, 0.15) is 0 Å². The third-order valence-electron chi connectivity index (χ3n) is 4.86. The van der Waals surface area contributed by atoms with Crippen LogP contribution in [0.25, 0.3) is 0 Å². The second-order valence-corrected chi connectivity index (χ2v) is 31.9. The first-order chi connectivity index (χ1) is 11.5. The molecule has 2 rings (SSSR count). The Morgan fingerprint density at radius 3 is 0.926 bits per heavy atom. The van der Waals surface area contributed by atoms with Crippen LogP contribution in [0.3, 0.4) is 0 Å². The molecule has 0 heterocycles. The Labute approximate surface area is 192 Å². The molecule has 0 N–H and O–H groups in total. The molecule has 0 amide bonds. The molecule has 0 aliphatic rings. The molecule has 151 valence electrons. The molecular formula is C22H42ScSi4-2. The molecule has 0 atom stereocenters. The van der Waals surface area contributed by atoms with Crippen molar-refractivity contribution >= 4 is 53.0 Å². The zero-order chi connectivity index (χ0) is 20.6. The van der Waals surface area contributed by atoms with E-state index in [2.05, 4.69) is 115 Å². The first-order valence-corrected chi connectivity index (χ1v) is 24.0. The van der Waals surface area contributed by atoms with Gasteiger partial charge in [0.05, 0.1) is 16.1 Å². The Morgan fingerprint density at radius 2 is 0.778 bits per heavy atom. The molecular weight excluding hydrogens is 422 g/mol. The Hall–Kier alpha value is 0.438. The Morgan fingerprint density at radius 1 is 0.519 bits per heavy atom. The first kappa shape index (κ1) is 27.4. The van der Waals surface area contributed by atoms with Gasteiger partial charge in [-0.2, -0.15) is 32.9 Å². The molecule has 0 bridgehead atoms. The Balaban J connectivity index is 0.000000483. The predicted molar refractivity (Wildman–Crippen MR) is 136 cm³/mol. The minimum absolute atomic E-state index is 0. The van der Waals surface area contributed by atoms with Crippen molar-refractivity contribution in [2.75, 3.05) is 0 Å². The van der Waals surface area contributed by atoms with Gasteiger partial charge in [-0.1, -0.05) is 78.6 Å². The van der Waals surface area contributed by atoms with Crippen LogP contribution in [0.4, 0.5) is 0 Å². The standard InChI is InChI=1S/2C11H21Si2.Sc/c2*1-12(2,3)10-8-7-9-11(10)13(4,5)6;/h2*7-9H,1-6H3;/q2*-1;. The molecule has 0 saturated heterocycles. The maximum Gasteiger partial charge on any atom is 0.0505 e. The van der Waals surface area contributed by atoms with Crippen LogP contribution in [0.1, 0.15) is 0 Å². The quantitative estimate of drug-likeness (QED) is 0.443. The molecule has 5 heteroatoms. The van der Waals surface area contributed by atoms with Gasteiger partial charge in [0.25, 0.3) is 0 Å². The van der Waals surface area contributed by atoms with Gasteiger partial charge < -0.3 is 0 Å². The average Bonchev–Trinajstić information content (AvgIpc) is 3.06. The third-order valence-corrected chi connectivity index (χ3v) is 13.6. The molecule has 0 spiro atoms. The van der Waals surface area contributed by atoms with Crippen LogP contribution in [0.2, 0.25) is 78.6 Å². The Kier molecular flexibility index (Phi) is 9.65. The van der Waals surface area contributed by atoms with Gasteiger partial charge in [-0.3, -0.25) is 0 Å². The van der Waals surface area contributed by atoms with Crippen LogP contribution in [0.15, 0.2) is 36.4 Å². The van der Waals surface area contributed by atoms with Crippen molar-refractivity contribution < 1.29 is 25.8 Å². The monoisotopic (exact) mass is 463 g/mol. The summed E-state index contributed by atoms with van der Waals surface area (Å²) in [5.41, 5.74) is 0. The molecule has 0 aliphatic carbocycles. The van der Waals surface area contributed by atoms with Crippen LogP contribution < -0.4 is 20.7 Å².